The smallest absolute Gasteiger partial charge is 0.314 e. The van der Waals surface area contributed by atoms with E-state index in [-0.39, 0.29) is 6.03 Å². The van der Waals surface area contributed by atoms with Gasteiger partial charge >= 0.3 is 6.03 Å². The van der Waals surface area contributed by atoms with Gasteiger partial charge in [0.25, 0.3) is 0 Å². The zero-order valence-electron chi connectivity index (χ0n) is 11.5. The summed E-state index contributed by atoms with van der Waals surface area (Å²) in [6, 6.07) is 2.08. The highest BCUT2D eigenvalue weighted by Crippen LogP contribution is 2.28. The highest BCUT2D eigenvalue weighted by atomic mass is 32.1. The van der Waals surface area contributed by atoms with Gasteiger partial charge in [-0.15, -0.1) is 0 Å². The number of amides is 2. The van der Waals surface area contributed by atoms with Gasteiger partial charge in [0.15, 0.2) is 0 Å². The van der Waals surface area contributed by atoms with Crippen molar-refractivity contribution in [3.63, 3.8) is 0 Å². The quantitative estimate of drug-likeness (QED) is 0.737. The molecule has 1 aromatic rings. The molecule has 0 saturated heterocycles. The Hall–Kier alpha value is -1.03. The summed E-state index contributed by atoms with van der Waals surface area (Å²) in [6.07, 6.45) is 8.90. The first-order valence-electron chi connectivity index (χ1n) is 7.37. The summed E-state index contributed by atoms with van der Waals surface area (Å²) in [6.45, 7) is 1.52. The van der Waals surface area contributed by atoms with Crippen molar-refractivity contribution in [1.82, 2.24) is 10.6 Å². The molecule has 1 fully saturated rings. The molecule has 1 aromatic heterocycles. The van der Waals surface area contributed by atoms with E-state index in [2.05, 4.69) is 27.5 Å². The Bertz CT molecular complexity index is 358. The van der Waals surface area contributed by atoms with Gasteiger partial charge in [-0.3, -0.25) is 0 Å². The van der Waals surface area contributed by atoms with Gasteiger partial charge in [-0.25, -0.2) is 4.79 Å². The van der Waals surface area contributed by atoms with Crippen molar-refractivity contribution in [2.24, 2.45) is 5.92 Å². The number of hydrogen-bond donors (Lipinski definition) is 2. The minimum Gasteiger partial charge on any atom is -0.338 e. The number of carbonyl (C=O) groups excluding carboxylic acids is 1. The van der Waals surface area contributed by atoms with Crippen LogP contribution in [0.2, 0.25) is 0 Å². The standard InChI is InChI=1S/C15H24N2OS/c18-15(17-10-7-14-8-11-19-12-14)16-9-3-6-13-4-1-2-5-13/h8,11-13H,1-7,9-10H2,(H2,16,17,18). The van der Waals surface area contributed by atoms with Crippen LogP contribution in [0, 0.1) is 5.92 Å². The van der Waals surface area contributed by atoms with E-state index in [4.69, 9.17) is 0 Å². The lowest BCUT2D eigenvalue weighted by molar-refractivity contribution is 0.240. The topological polar surface area (TPSA) is 41.1 Å². The molecule has 106 valence electrons. The number of urea groups is 1. The van der Waals surface area contributed by atoms with Crippen molar-refractivity contribution >= 4 is 17.4 Å². The third-order valence-corrected chi connectivity index (χ3v) is 4.56. The molecular formula is C15H24N2OS. The Morgan fingerprint density at radius 3 is 2.79 bits per heavy atom. The molecule has 2 N–H and O–H groups in total. The largest absolute Gasteiger partial charge is 0.338 e. The molecule has 0 radical (unpaired) electrons. The molecule has 0 aromatic carbocycles. The van der Waals surface area contributed by atoms with Crippen molar-refractivity contribution in [3.8, 4) is 0 Å². The van der Waals surface area contributed by atoms with Gasteiger partial charge in [-0.1, -0.05) is 25.7 Å². The minimum atomic E-state index is -0.0262. The maximum absolute atomic E-state index is 11.5. The van der Waals surface area contributed by atoms with Crippen molar-refractivity contribution < 1.29 is 4.79 Å². The van der Waals surface area contributed by atoms with E-state index < -0.39 is 0 Å². The maximum atomic E-state index is 11.5. The third-order valence-electron chi connectivity index (χ3n) is 3.83. The molecule has 1 aliphatic carbocycles. The van der Waals surface area contributed by atoms with Crippen molar-refractivity contribution in [3.05, 3.63) is 22.4 Å². The van der Waals surface area contributed by atoms with Crippen LogP contribution in [-0.4, -0.2) is 19.1 Å². The Kier molecular flexibility index (Phi) is 6.21. The third kappa shape index (κ3) is 5.64. The minimum absolute atomic E-state index is 0.0262. The Morgan fingerprint density at radius 1 is 1.26 bits per heavy atom. The first kappa shape index (κ1) is 14.4. The van der Waals surface area contributed by atoms with E-state index in [1.807, 2.05) is 0 Å². The average Bonchev–Trinajstić information content (AvgIpc) is 3.07. The second-order valence-electron chi connectivity index (χ2n) is 5.36. The molecule has 0 spiro atoms. The molecule has 1 saturated carbocycles. The van der Waals surface area contributed by atoms with Gasteiger partial charge in [0.2, 0.25) is 0 Å². The van der Waals surface area contributed by atoms with Crippen LogP contribution in [0.25, 0.3) is 0 Å². The molecule has 1 aliphatic rings. The Balaban J connectivity index is 1.45. The number of rotatable bonds is 7. The average molecular weight is 280 g/mol. The number of carbonyl (C=O) groups is 1. The lowest BCUT2D eigenvalue weighted by Gasteiger charge is -2.10. The SMILES string of the molecule is O=C(NCCCC1CCCC1)NCCc1ccsc1. The fourth-order valence-electron chi connectivity index (χ4n) is 2.71. The van der Waals surface area contributed by atoms with Crippen LogP contribution in [0.1, 0.15) is 44.1 Å². The van der Waals surface area contributed by atoms with Gasteiger partial charge in [-0.2, -0.15) is 11.3 Å². The zero-order valence-corrected chi connectivity index (χ0v) is 12.3. The van der Waals surface area contributed by atoms with Gasteiger partial charge in [-0.05, 0) is 47.6 Å². The fraction of sp³-hybridized carbons (Fsp3) is 0.667. The molecular weight excluding hydrogens is 256 g/mol. The van der Waals surface area contributed by atoms with E-state index in [0.717, 1.165) is 25.3 Å². The van der Waals surface area contributed by atoms with Crippen LogP contribution in [0.3, 0.4) is 0 Å². The lowest BCUT2D eigenvalue weighted by atomic mass is 10.0. The zero-order chi connectivity index (χ0) is 13.3. The molecule has 3 nitrogen and oxygen atoms in total. The molecule has 19 heavy (non-hydrogen) atoms. The van der Waals surface area contributed by atoms with E-state index in [9.17, 15) is 4.79 Å². The van der Waals surface area contributed by atoms with E-state index in [0.29, 0.717) is 6.54 Å². The van der Waals surface area contributed by atoms with E-state index in [1.165, 1.54) is 37.7 Å². The van der Waals surface area contributed by atoms with Crippen LogP contribution in [-0.2, 0) is 6.42 Å². The van der Waals surface area contributed by atoms with Gasteiger partial charge in [0, 0.05) is 13.1 Å². The summed E-state index contributed by atoms with van der Waals surface area (Å²) < 4.78 is 0. The second-order valence-corrected chi connectivity index (χ2v) is 6.14. The Morgan fingerprint density at radius 2 is 2.05 bits per heavy atom. The summed E-state index contributed by atoms with van der Waals surface area (Å²) in [7, 11) is 0. The first-order chi connectivity index (χ1) is 9.34. The molecule has 2 rings (SSSR count). The summed E-state index contributed by atoms with van der Waals surface area (Å²) in [5, 5.41) is 10.0. The van der Waals surface area contributed by atoms with Crippen LogP contribution >= 0.6 is 11.3 Å². The molecule has 1 heterocycles. The first-order valence-corrected chi connectivity index (χ1v) is 8.31. The van der Waals surface area contributed by atoms with Gasteiger partial charge in [0.05, 0.1) is 0 Å². The predicted octanol–water partition coefficient (Wildman–Crippen LogP) is 3.56. The number of thiophene rings is 1. The van der Waals surface area contributed by atoms with Crippen LogP contribution in [0.4, 0.5) is 4.79 Å². The normalized spacial score (nSPS) is 15.6. The maximum Gasteiger partial charge on any atom is 0.314 e. The molecule has 4 heteroatoms. The van der Waals surface area contributed by atoms with Crippen LogP contribution < -0.4 is 10.6 Å². The fourth-order valence-corrected chi connectivity index (χ4v) is 3.41. The number of hydrogen-bond acceptors (Lipinski definition) is 2. The summed E-state index contributed by atoms with van der Waals surface area (Å²) in [4.78, 5) is 11.5. The van der Waals surface area contributed by atoms with Crippen molar-refractivity contribution in [2.45, 2.75) is 44.9 Å². The molecule has 2 amide bonds. The highest BCUT2D eigenvalue weighted by molar-refractivity contribution is 7.07. The molecule has 0 aliphatic heterocycles. The van der Waals surface area contributed by atoms with Crippen molar-refractivity contribution in [2.75, 3.05) is 13.1 Å². The molecule has 0 bridgehead atoms. The highest BCUT2D eigenvalue weighted by Gasteiger charge is 2.14. The van der Waals surface area contributed by atoms with E-state index in [1.54, 1.807) is 11.3 Å². The monoisotopic (exact) mass is 280 g/mol. The second kappa shape index (κ2) is 8.20. The summed E-state index contributed by atoms with van der Waals surface area (Å²) in [5.74, 6) is 0.920. The summed E-state index contributed by atoms with van der Waals surface area (Å²) >= 11 is 1.70. The van der Waals surface area contributed by atoms with Gasteiger partial charge in [0.1, 0.15) is 0 Å². The predicted molar refractivity (Wildman–Crippen MR) is 80.6 cm³/mol. The van der Waals surface area contributed by atoms with Crippen molar-refractivity contribution in [1.29, 1.82) is 0 Å². The summed E-state index contributed by atoms with van der Waals surface area (Å²) in [5.41, 5.74) is 1.30. The molecule has 0 unspecified atom stereocenters. The lowest BCUT2D eigenvalue weighted by Crippen LogP contribution is -2.37. The Labute approximate surface area is 119 Å². The molecule has 0 atom stereocenters. The van der Waals surface area contributed by atoms with Crippen LogP contribution in [0.15, 0.2) is 16.8 Å². The van der Waals surface area contributed by atoms with Gasteiger partial charge < -0.3 is 10.6 Å². The number of nitrogens with one attached hydrogen (secondary N) is 2. The van der Waals surface area contributed by atoms with Crippen LogP contribution in [0.5, 0.6) is 0 Å². The van der Waals surface area contributed by atoms with E-state index >= 15 is 0 Å².